The number of rotatable bonds is 5. The maximum absolute atomic E-state index is 6.61. The van der Waals surface area contributed by atoms with Gasteiger partial charge in [0.15, 0.2) is 17.5 Å². The quantitative estimate of drug-likeness (QED) is 0.187. The average Bonchev–Trinajstić information content (AvgIpc) is 3.76. The van der Waals surface area contributed by atoms with Crippen LogP contribution < -0.4 is 0 Å². The van der Waals surface area contributed by atoms with E-state index < -0.39 is 0 Å². The largest absolute Gasteiger partial charge is 0.456 e. The molecule has 0 atom stereocenters. The van der Waals surface area contributed by atoms with E-state index in [2.05, 4.69) is 78.9 Å². The number of fused-ring (bicyclic) bond motifs is 6. The van der Waals surface area contributed by atoms with Crippen molar-refractivity contribution in [2.45, 2.75) is 0 Å². The lowest BCUT2D eigenvalue weighted by Gasteiger charge is -2.09. The number of aromatic nitrogens is 3. The number of para-hydroxylation sites is 1. The SMILES string of the molecule is c1ccc(-c2cc(-c3ccc4c(c3)oc3cc(-c5nc(-c6ccccc6)nc(-c6ccccc6)n5)ccc34)c3c(c2)oc2ccccc23)cc1. The summed E-state index contributed by atoms with van der Waals surface area (Å²) in [5, 5.41) is 4.27. The second-order valence-electron chi connectivity index (χ2n) is 12.4. The maximum Gasteiger partial charge on any atom is 0.164 e. The van der Waals surface area contributed by atoms with Crippen molar-refractivity contribution in [3.05, 3.63) is 164 Å². The van der Waals surface area contributed by atoms with Gasteiger partial charge >= 0.3 is 0 Å². The Hall–Kier alpha value is -6.85. The van der Waals surface area contributed by atoms with Crippen molar-refractivity contribution in [3.63, 3.8) is 0 Å². The number of hydrogen-bond donors (Lipinski definition) is 0. The molecule has 0 aliphatic heterocycles. The third-order valence-corrected chi connectivity index (χ3v) is 9.33. The van der Waals surface area contributed by atoms with Gasteiger partial charge in [0.05, 0.1) is 0 Å². The van der Waals surface area contributed by atoms with E-state index in [-0.39, 0.29) is 0 Å². The fourth-order valence-electron chi connectivity index (χ4n) is 6.90. The molecule has 0 N–H and O–H groups in total. The first-order valence-electron chi connectivity index (χ1n) is 16.6. The molecule has 0 radical (unpaired) electrons. The highest BCUT2D eigenvalue weighted by molar-refractivity contribution is 6.15. The van der Waals surface area contributed by atoms with Crippen LogP contribution in [0.25, 0.3) is 100 Å². The van der Waals surface area contributed by atoms with E-state index in [4.69, 9.17) is 23.8 Å². The smallest absolute Gasteiger partial charge is 0.164 e. The lowest BCUT2D eigenvalue weighted by molar-refractivity contribution is 0.668. The molecule has 50 heavy (non-hydrogen) atoms. The van der Waals surface area contributed by atoms with Crippen molar-refractivity contribution >= 4 is 43.9 Å². The topological polar surface area (TPSA) is 65.0 Å². The molecule has 7 aromatic carbocycles. The highest BCUT2D eigenvalue weighted by atomic mass is 16.3. The molecule has 0 saturated carbocycles. The molecule has 0 saturated heterocycles. The van der Waals surface area contributed by atoms with Crippen molar-refractivity contribution < 1.29 is 8.83 Å². The molecule has 234 valence electrons. The van der Waals surface area contributed by atoms with Gasteiger partial charge < -0.3 is 8.83 Å². The van der Waals surface area contributed by atoms with E-state index in [1.807, 2.05) is 84.9 Å². The second kappa shape index (κ2) is 11.4. The molecule has 3 heterocycles. The molecule has 10 rings (SSSR count). The molecular formula is C45H27N3O2. The Morgan fingerprint density at radius 2 is 0.780 bits per heavy atom. The molecule has 5 heteroatoms. The van der Waals surface area contributed by atoms with Crippen LogP contribution >= 0.6 is 0 Å². The Morgan fingerprint density at radius 3 is 1.42 bits per heavy atom. The summed E-state index contributed by atoms with van der Waals surface area (Å²) in [6, 6.07) is 55.8. The van der Waals surface area contributed by atoms with E-state index in [9.17, 15) is 0 Å². The minimum absolute atomic E-state index is 0.590. The molecule has 0 spiro atoms. The fraction of sp³-hybridized carbons (Fsp3) is 0. The van der Waals surface area contributed by atoms with Crippen molar-refractivity contribution in [1.29, 1.82) is 0 Å². The summed E-state index contributed by atoms with van der Waals surface area (Å²) in [5.41, 5.74) is 10.4. The molecular weight excluding hydrogens is 615 g/mol. The molecule has 0 fully saturated rings. The normalized spacial score (nSPS) is 11.6. The van der Waals surface area contributed by atoms with Gasteiger partial charge in [0.1, 0.15) is 22.3 Å². The lowest BCUT2D eigenvalue weighted by Crippen LogP contribution is -2.00. The van der Waals surface area contributed by atoms with Crippen molar-refractivity contribution in [1.82, 2.24) is 15.0 Å². The van der Waals surface area contributed by atoms with Gasteiger partial charge in [0.25, 0.3) is 0 Å². The standard InChI is InChI=1S/C45H27N3O2/c1-4-12-28(13-5-1)33-24-37(42-36-18-10-11-19-38(36)49-41(42)27-33)31-20-22-34-35-23-21-32(26-40(35)50-39(34)25-31)45-47-43(29-14-6-2-7-15-29)46-44(48-45)30-16-8-3-9-17-30/h1-27H. The Balaban J connectivity index is 1.12. The van der Waals surface area contributed by atoms with Gasteiger partial charge in [0, 0.05) is 38.2 Å². The van der Waals surface area contributed by atoms with Gasteiger partial charge in [-0.05, 0) is 64.7 Å². The highest BCUT2D eigenvalue weighted by Gasteiger charge is 2.18. The zero-order valence-corrected chi connectivity index (χ0v) is 26.7. The Bertz CT molecular complexity index is 2800. The fourth-order valence-corrected chi connectivity index (χ4v) is 6.90. The molecule has 0 unspecified atom stereocenters. The lowest BCUT2D eigenvalue weighted by atomic mass is 9.94. The van der Waals surface area contributed by atoms with Gasteiger partial charge in [-0.2, -0.15) is 0 Å². The first kappa shape index (κ1) is 28.2. The van der Waals surface area contributed by atoms with E-state index in [1.165, 1.54) is 0 Å². The van der Waals surface area contributed by atoms with Crippen LogP contribution in [0.4, 0.5) is 0 Å². The monoisotopic (exact) mass is 641 g/mol. The molecule has 0 aliphatic carbocycles. The van der Waals surface area contributed by atoms with Gasteiger partial charge in [-0.3, -0.25) is 0 Å². The molecule has 3 aromatic heterocycles. The molecule has 0 aliphatic rings. The molecule has 10 aromatic rings. The number of nitrogens with zero attached hydrogens (tertiary/aromatic N) is 3. The van der Waals surface area contributed by atoms with Gasteiger partial charge in [-0.15, -0.1) is 0 Å². The first-order valence-corrected chi connectivity index (χ1v) is 16.6. The van der Waals surface area contributed by atoms with Crippen LogP contribution in [0.15, 0.2) is 173 Å². The predicted molar refractivity (Wildman–Crippen MR) is 202 cm³/mol. The Morgan fingerprint density at radius 1 is 0.300 bits per heavy atom. The first-order chi connectivity index (χ1) is 24.7. The van der Waals surface area contributed by atoms with Crippen LogP contribution in [-0.4, -0.2) is 15.0 Å². The summed E-state index contributed by atoms with van der Waals surface area (Å²) < 4.78 is 13.0. The highest BCUT2D eigenvalue weighted by Crippen LogP contribution is 2.42. The van der Waals surface area contributed by atoms with E-state index in [1.54, 1.807) is 0 Å². The van der Waals surface area contributed by atoms with Crippen LogP contribution in [0.1, 0.15) is 0 Å². The second-order valence-corrected chi connectivity index (χ2v) is 12.4. The molecule has 0 bridgehead atoms. The van der Waals surface area contributed by atoms with E-state index >= 15 is 0 Å². The van der Waals surface area contributed by atoms with Crippen LogP contribution in [-0.2, 0) is 0 Å². The van der Waals surface area contributed by atoms with E-state index in [0.29, 0.717) is 17.5 Å². The number of hydrogen-bond acceptors (Lipinski definition) is 5. The zero-order chi connectivity index (χ0) is 33.0. The van der Waals surface area contributed by atoms with Crippen LogP contribution in [0.5, 0.6) is 0 Å². The molecule has 5 nitrogen and oxygen atoms in total. The summed E-state index contributed by atoms with van der Waals surface area (Å²) in [5.74, 6) is 1.84. The van der Waals surface area contributed by atoms with Crippen LogP contribution in [0.2, 0.25) is 0 Å². The maximum atomic E-state index is 6.61. The minimum Gasteiger partial charge on any atom is -0.456 e. The Labute approximate surface area is 287 Å². The predicted octanol–water partition coefficient (Wildman–Crippen LogP) is 12.0. The number of benzene rings is 7. The zero-order valence-electron chi connectivity index (χ0n) is 26.7. The summed E-state index contributed by atoms with van der Waals surface area (Å²) >= 11 is 0. The van der Waals surface area contributed by atoms with Crippen molar-refractivity contribution in [3.8, 4) is 56.4 Å². The summed E-state index contributed by atoms with van der Waals surface area (Å²) in [7, 11) is 0. The summed E-state index contributed by atoms with van der Waals surface area (Å²) in [6.07, 6.45) is 0. The minimum atomic E-state index is 0.590. The van der Waals surface area contributed by atoms with Crippen molar-refractivity contribution in [2.75, 3.05) is 0 Å². The van der Waals surface area contributed by atoms with Crippen LogP contribution in [0, 0.1) is 0 Å². The average molecular weight is 642 g/mol. The van der Waals surface area contributed by atoms with Crippen molar-refractivity contribution in [2.24, 2.45) is 0 Å². The summed E-state index contributed by atoms with van der Waals surface area (Å²) in [4.78, 5) is 14.7. The third-order valence-electron chi connectivity index (χ3n) is 9.33. The third kappa shape index (κ3) is 4.75. The molecule has 0 amide bonds. The van der Waals surface area contributed by atoms with Crippen LogP contribution in [0.3, 0.4) is 0 Å². The van der Waals surface area contributed by atoms with Gasteiger partial charge in [0.2, 0.25) is 0 Å². The van der Waals surface area contributed by atoms with Gasteiger partial charge in [-0.25, -0.2) is 15.0 Å². The van der Waals surface area contributed by atoms with Gasteiger partial charge in [-0.1, -0.05) is 121 Å². The van der Waals surface area contributed by atoms with E-state index in [0.717, 1.165) is 82.8 Å². The Kier molecular flexibility index (Phi) is 6.42. The number of furan rings is 2. The summed E-state index contributed by atoms with van der Waals surface area (Å²) in [6.45, 7) is 0.